The number of nitrogens with zero attached hydrogens (tertiary/aromatic N) is 1. The third-order valence-corrected chi connectivity index (χ3v) is 7.48. The monoisotopic (exact) mass is 570 g/mol. The number of rotatable bonds is 10. The first-order chi connectivity index (χ1) is 17.9. The van der Waals surface area contributed by atoms with Crippen LogP contribution in [0, 0.1) is 13.8 Å². The Balaban J connectivity index is 1.90. The van der Waals surface area contributed by atoms with Crippen molar-refractivity contribution in [2.75, 3.05) is 5.75 Å². The first-order valence-electron chi connectivity index (χ1n) is 12.7. The molecule has 0 saturated carbocycles. The number of nitrogens with one attached hydrogen (secondary N) is 1. The maximum absolute atomic E-state index is 13.8. The summed E-state index contributed by atoms with van der Waals surface area (Å²) in [5.74, 6) is 0.641. The van der Waals surface area contributed by atoms with Crippen LogP contribution in [0.2, 0.25) is 10.0 Å². The summed E-state index contributed by atoms with van der Waals surface area (Å²) in [5, 5.41) is 4.07. The fourth-order valence-corrected chi connectivity index (χ4v) is 5.64. The molecule has 0 aliphatic rings. The quantitative estimate of drug-likeness (QED) is 0.276. The smallest absolute Gasteiger partial charge is 0.243 e. The van der Waals surface area contributed by atoms with Crippen LogP contribution >= 0.6 is 35.0 Å². The first-order valence-corrected chi connectivity index (χ1v) is 14.6. The molecule has 202 valence electrons. The van der Waals surface area contributed by atoms with Gasteiger partial charge in [-0.2, -0.15) is 0 Å². The van der Waals surface area contributed by atoms with Crippen LogP contribution in [0.15, 0.2) is 66.7 Å². The molecule has 0 aliphatic carbocycles. The molecule has 7 heteroatoms. The number of halogens is 2. The van der Waals surface area contributed by atoms with Gasteiger partial charge in [0.2, 0.25) is 11.8 Å². The molecule has 3 rings (SSSR count). The molecule has 1 N–H and O–H groups in total. The van der Waals surface area contributed by atoms with E-state index in [9.17, 15) is 9.59 Å². The number of carbonyl (C=O) groups is 2. The largest absolute Gasteiger partial charge is 0.350 e. The second kappa shape index (κ2) is 13.5. The highest BCUT2D eigenvalue weighted by Gasteiger charge is 2.32. The zero-order chi connectivity index (χ0) is 27.9. The molecule has 2 amide bonds. The van der Waals surface area contributed by atoms with Crippen LogP contribution in [0.5, 0.6) is 0 Å². The summed E-state index contributed by atoms with van der Waals surface area (Å²) in [4.78, 5) is 29.1. The van der Waals surface area contributed by atoms with Crippen LogP contribution in [0.25, 0.3) is 0 Å². The predicted molar refractivity (Wildman–Crippen MR) is 161 cm³/mol. The van der Waals surface area contributed by atoms with Gasteiger partial charge in [0.25, 0.3) is 0 Å². The highest BCUT2D eigenvalue weighted by Crippen LogP contribution is 2.25. The topological polar surface area (TPSA) is 49.4 Å². The van der Waals surface area contributed by atoms with Gasteiger partial charge in [0.15, 0.2) is 0 Å². The van der Waals surface area contributed by atoms with E-state index in [-0.39, 0.29) is 24.1 Å². The van der Waals surface area contributed by atoms with Crippen molar-refractivity contribution in [1.82, 2.24) is 10.2 Å². The molecule has 4 nitrogen and oxygen atoms in total. The molecule has 3 aromatic rings. The highest BCUT2D eigenvalue weighted by atomic mass is 35.5. The van der Waals surface area contributed by atoms with E-state index in [0.29, 0.717) is 22.2 Å². The van der Waals surface area contributed by atoms with Crippen molar-refractivity contribution in [3.63, 3.8) is 0 Å². The average Bonchev–Trinajstić information content (AvgIpc) is 2.81. The molecule has 0 aliphatic heterocycles. The molecular weight excluding hydrogens is 535 g/mol. The number of aryl methyl sites for hydroxylation is 2. The number of benzene rings is 3. The van der Waals surface area contributed by atoms with E-state index < -0.39 is 11.6 Å². The minimum atomic E-state index is -0.710. The van der Waals surface area contributed by atoms with Crippen molar-refractivity contribution >= 4 is 46.8 Å². The van der Waals surface area contributed by atoms with Crippen molar-refractivity contribution in [3.05, 3.63) is 105 Å². The van der Waals surface area contributed by atoms with Gasteiger partial charge in [0, 0.05) is 34.3 Å². The Morgan fingerprint density at radius 2 is 1.58 bits per heavy atom. The summed E-state index contributed by atoms with van der Waals surface area (Å²) >= 11 is 14.2. The summed E-state index contributed by atoms with van der Waals surface area (Å²) in [6.07, 6.45) is 0.390. The molecule has 0 unspecified atom stereocenters. The van der Waals surface area contributed by atoms with Gasteiger partial charge in [0.1, 0.15) is 6.04 Å². The lowest BCUT2D eigenvalue weighted by molar-refractivity contribution is -0.140. The van der Waals surface area contributed by atoms with E-state index >= 15 is 0 Å². The van der Waals surface area contributed by atoms with E-state index in [1.54, 1.807) is 28.8 Å². The van der Waals surface area contributed by atoms with Gasteiger partial charge in [-0.1, -0.05) is 88.9 Å². The molecule has 0 bridgehead atoms. The van der Waals surface area contributed by atoms with Crippen molar-refractivity contribution in [3.8, 4) is 0 Å². The van der Waals surface area contributed by atoms with Gasteiger partial charge >= 0.3 is 0 Å². The van der Waals surface area contributed by atoms with Crippen LogP contribution in [0.1, 0.15) is 48.6 Å². The molecule has 3 aromatic carbocycles. The fourth-order valence-electron chi connectivity index (χ4n) is 4.33. The Hall–Kier alpha value is -2.47. The number of hydrogen-bond acceptors (Lipinski definition) is 3. The third-order valence-electron chi connectivity index (χ3n) is 5.90. The van der Waals surface area contributed by atoms with E-state index in [1.165, 1.54) is 16.7 Å². The molecule has 0 spiro atoms. The summed E-state index contributed by atoms with van der Waals surface area (Å²) in [6, 6.07) is 20.7. The van der Waals surface area contributed by atoms with Gasteiger partial charge in [0.05, 0.1) is 5.75 Å². The first kappa shape index (κ1) is 30.1. The van der Waals surface area contributed by atoms with E-state index in [0.717, 1.165) is 11.1 Å². The highest BCUT2D eigenvalue weighted by molar-refractivity contribution is 7.99. The van der Waals surface area contributed by atoms with Gasteiger partial charge < -0.3 is 10.2 Å². The summed E-state index contributed by atoms with van der Waals surface area (Å²) in [6.45, 7) is 10.2. The van der Waals surface area contributed by atoms with Crippen molar-refractivity contribution < 1.29 is 9.59 Å². The van der Waals surface area contributed by atoms with Crippen molar-refractivity contribution in [2.45, 2.75) is 64.9 Å². The Morgan fingerprint density at radius 1 is 0.921 bits per heavy atom. The van der Waals surface area contributed by atoms with Crippen LogP contribution in [-0.2, 0) is 28.3 Å². The number of thioether (sulfide) groups is 1. The van der Waals surface area contributed by atoms with Gasteiger partial charge in [-0.3, -0.25) is 9.59 Å². The minimum Gasteiger partial charge on any atom is -0.350 e. The van der Waals surface area contributed by atoms with Crippen molar-refractivity contribution in [2.24, 2.45) is 0 Å². The molecular formula is C31H36Cl2N2O2S. The van der Waals surface area contributed by atoms with E-state index in [2.05, 4.69) is 37.4 Å². The van der Waals surface area contributed by atoms with Gasteiger partial charge in [-0.05, 0) is 63.4 Å². The molecule has 0 fully saturated rings. The second-order valence-electron chi connectivity index (χ2n) is 10.7. The minimum absolute atomic E-state index is 0.115. The molecule has 0 heterocycles. The Kier molecular flexibility index (Phi) is 10.7. The fraction of sp³-hybridized carbons (Fsp3) is 0.355. The lowest BCUT2D eigenvalue weighted by Crippen LogP contribution is -2.54. The molecule has 38 heavy (non-hydrogen) atoms. The third kappa shape index (κ3) is 9.37. The summed E-state index contributed by atoms with van der Waals surface area (Å²) in [5.41, 5.74) is 4.85. The number of amides is 2. The summed E-state index contributed by atoms with van der Waals surface area (Å²) < 4.78 is 0. The zero-order valence-electron chi connectivity index (χ0n) is 22.7. The number of hydrogen-bond donors (Lipinski definition) is 1. The van der Waals surface area contributed by atoms with Crippen LogP contribution in [0.4, 0.5) is 0 Å². The predicted octanol–water partition coefficient (Wildman–Crippen LogP) is 7.40. The van der Waals surface area contributed by atoms with Gasteiger partial charge in [-0.25, -0.2) is 0 Å². The molecule has 0 saturated heterocycles. The van der Waals surface area contributed by atoms with Crippen LogP contribution in [-0.4, -0.2) is 34.0 Å². The van der Waals surface area contributed by atoms with E-state index in [4.69, 9.17) is 23.2 Å². The second-order valence-corrected chi connectivity index (χ2v) is 12.5. The Bertz CT molecular complexity index is 1240. The average molecular weight is 572 g/mol. The Morgan fingerprint density at radius 3 is 2.18 bits per heavy atom. The molecule has 0 radical (unpaired) electrons. The maximum Gasteiger partial charge on any atom is 0.243 e. The molecule has 0 aromatic heterocycles. The normalized spacial score (nSPS) is 12.2. The van der Waals surface area contributed by atoms with Gasteiger partial charge in [-0.15, -0.1) is 11.8 Å². The lowest BCUT2D eigenvalue weighted by Gasteiger charge is -2.34. The van der Waals surface area contributed by atoms with Crippen LogP contribution in [0.3, 0.4) is 0 Å². The number of carbonyl (C=O) groups excluding carboxylic acids is 2. The molecule has 1 atom stereocenters. The van der Waals surface area contributed by atoms with Crippen molar-refractivity contribution in [1.29, 1.82) is 0 Å². The van der Waals surface area contributed by atoms with E-state index in [1.807, 2.05) is 57.2 Å². The van der Waals surface area contributed by atoms with Crippen LogP contribution < -0.4 is 5.32 Å². The SMILES string of the molecule is Cc1cc(C)cc(CSCC(=O)N(Cc2ccc(Cl)cc2Cl)[C@@H](Cc2ccccc2)C(=O)NC(C)(C)C)c1. The maximum atomic E-state index is 13.8. The lowest BCUT2D eigenvalue weighted by atomic mass is 10.0. The Labute approximate surface area is 241 Å². The summed E-state index contributed by atoms with van der Waals surface area (Å²) in [7, 11) is 0. The standard InChI is InChI=1S/C31H36Cl2N2O2S/c1-21-13-22(2)15-24(14-21)19-38-20-29(36)35(18-25-11-12-26(32)17-27(25)33)28(30(37)34-31(3,4)5)16-23-9-7-6-8-10-23/h6-15,17,28H,16,18-20H2,1-5H3,(H,34,37)/t28-/m0/s1. The zero-order valence-corrected chi connectivity index (χ0v) is 25.0.